The summed E-state index contributed by atoms with van der Waals surface area (Å²) in [6.07, 6.45) is 1.80. The van der Waals surface area contributed by atoms with Gasteiger partial charge in [-0.1, -0.05) is 48.5 Å². The lowest BCUT2D eigenvalue weighted by Gasteiger charge is -2.07. The van der Waals surface area contributed by atoms with E-state index in [-0.39, 0.29) is 12.4 Å². The minimum absolute atomic E-state index is 0. The van der Waals surface area contributed by atoms with E-state index in [1.165, 1.54) is 0 Å². The topological polar surface area (TPSA) is 78.9 Å². The summed E-state index contributed by atoms with van der Waals surface area (Å²) in [6.45, 7) is 2.13. The van der Waals surface area contributed by atoms with E-state index in [1.807, 2.05) is 43.4 Å². The van der Waals surface area contributed by atoms with Crippen LogP contribution in [0, 0.1) is 6.92 Å². The molecule has 0 spiro atoms. The molecule has 3 aromatic heterocycles. The molecule has 2 aromatic carbocycles. The standard InChI is InChI=1S/C23H19N5O2.ClH/c1-15-25-26-22(30-15)19-13-28(2)27-23(19)29-14-16-7-9-18(10-8-16)21-12-11-17-5-3-4-6-20(17)24-21;/h3-13H,14H2,1-2H3;1H. The number of nitrogens with zero attached hydrogens (tertiary/aromatic N) is 5. The molecule has 156 valence electrons. The minimum Gasteiger partial charge on any atom is -0.471 e. The normalized spacial score (nSPS) is 10.8. The number of ether oxygens (including phenoxy) is 1. The Hall–Kier alpha value is -3.71. The monoisotopic (exact) mass is 433 g/mol. The van der Waals surface area contributed by atoms with Crippen LogP contribution in [-0.2, 0) is 13.7 Å². The summed E-state index contributed by atoms with van der Waals surface area (Å²) < 4.78 is 13.1. The largest absolute Gasteiger partial charge is 0.471 e. The van der Waals surface area contributed by atoms with E-state index >= 15 is 0 Å². The Labute approximate surface area is 185 Å². The predicted octanol–water partition coefficient (Wildman–Crippen LogP) is 4.99. The molecule has 0 atom stereocenters. The highest BCUT2D eigenvalue weighted by atomic mass is 35.5. The molecule has 0 N–H and O–H groups in total. The molecular formula is C23H20ClN5O2. The van der Waals surface area contributed by atoms with Crippen molar-refractivity contribution in [2.24, 2.45) is 7.05 Å². The second kappa shape index (κ2) is 8.57. The number of hydrogen-bond donors (Lipinski definition) is 0. The van der Waals surface area contributed by atoms with Crippen LogP contribution >= 0.6 is 12.4 Å². The van der Waals surface area contributed by atoms with Crippen LogP contribution in [0.3, 0.4) is 0 Å². The summed E-state index contributed by atoms with van der Waals surface area (Å²) in [7, 11) is 1.82. The minimum atomic E-state index is 0. The van der Waals surface area contributed by atoms with Crippen LogP contribution in [0.25, 0.3) is 33.6 Å². The molecule has 0 radical (unpaired) electrons. The second-order valence-corrected chi connectivity index (χ2v) is 7.02. The third-order valence-corrected chi connectivity index (χ3v) is 4.78. The van der Waals surface area contributed by atoms with Crippen LogP contribution in [0.4, 0.5) is 0 Å². The molecule has 0 aliphatic heterocycles. The van der Waals surface area contributed by atoms with Crippen LogP contribution in [0.2, 0.25) is 0 Å². The van der Waals surface area contributed by atoms with Gasteiger partial charge < -0.3 is 9.15 Å². The first-order chi connectivity index (χ1) is 14.7. The fourth-order valence-electron chi connectivity index (χ4n) is 3.28. The molecule has 5 aromatic rings. The number of aryl methyl sites for hydroxylation is 2. The third kappa shape index (κ3) is 4.27. The Morgan fingerprint density at radius 2 is 1.77 bits per heavy atom. The van der Waals surface area contributed by atoms with E-state index in [9.17, 15) is 0 Å². The lowest BCUT2D eigenvalue weighted by molar-refractivity contribution is 0.291. The van der Waals surface area contributed by atoms with Gasteiger partial charge in [-0.25, -0.2) is 4.98 Å². The molecule has 0 saturated carbocycles. The van der Waals surface area contributed by atoms with Gasteiger partial charge in [0.2, 0.25) is 11.8 Å². The molecule has 0 aliphatic carbocycles. The molecule has 3 heterocycles. The van der Waals surface area contributed by atoms with Gasteiger partial charge in [-0.3, -0.25) is 4.68 Å². The van der Waals surface area contributed by atoms with Crippen LogP contribution in [0.1, 0.15) is 11.5 Å². The maximum atomic E-state index is 5.94. The maximum Gasteiger partial charge on any atom is 0.254 e. The van der Waals surface area contributed by atoms with Crippen molar-refractivity contribution in [2.75, 3.05) is 0 Å². The van der Waals surface area contributed by atoms with Gasteiger partial charge >= 0.3 is 0 Å². The van der Waals surface area contributed by atoms with E-state index in [2.05, 4.69) is 39.6 Å². The Morgan fingerprint density at radius 3 is 2.55 bits per heavy atom. The van der Waals surface area contributed by atoms with Gasteiger partial charge in [0.05, 0.1) is 11.2 Å². The van der Waals surface area contributed by atoms with Gasteiger partial charge in [0.25, 0.3) is 5.89 Å². The first-order valence-electron chi connectivity index (χ1n) is 9.58. The molecule has 0 amide bonds. The van der Waals surface area contributed by atoms with Crippen molar-refractivity contribution in [3.63, 3.8) is 0 Å². The molecule has 5 rings (SSSR count). The maximum absolute atomic E-state index is 5.94. The average molecular weight is 434 g/mol. The highest BCUT2D eigenvalue weighted by Crippen LogP contribution is 2.28. The zero-order valence-electron chi connectivity index (χ0n) is 17.0. The Bertz CT molecular complexity index is 1330. The van der Waals surface area contributed by atoms with E-state index < -0.39 is 0 Å². The molecular weight excluding hydrogens is 414 g/mol. The van der Waals surface area contributed by atoms with Gasteiger partial charge in [0.1, 0.15) is 12.2 Å². The molecule has 0 unspecified atom stereocenters. The number of rotatable bonds is 5. The number of halogens is 1. The Balaban J connectivity index is 0.00000231. The molecule has 31 heavy (non-hydrogen) atoms. The SMILES string of the molecule is Cc1nnc(-c2cn(C)nc2OCc2ccc(-c3ccc4ccccc4n3)cc2)o1.Cl. The average Bonchev–Trinajstić information content (AvgIpc) is 3.37. The highest BCUT2D eigenvalue weighted by molar-refractivity contribution is 5.85. The summed E-state index contributed by atoms with van der Waals surface area (Å²) in [5.74, 6) is 1.35. The third-order valence-electron chi connectivity index (χ3n) is 4.78. The van der Waals surface area contributed by atoms with Gasteiger partial charge in [-0.2, -0.15) is 0 Å². The van der Waals surface area contributed by atoms with E-state index in [0.717, 1.165) is 27.7 Å². The molecule has 8 heteroatoms. The zero-order chi connectivity index (χ0) is 20.5. The van der Waals surface area contributed by atoms with Crippen molar-refractivity contribution >= 4 is 23.3 Å². The smallest absolute Gasteiger partial charge is 0.254 e. The number of para-hydroxylation sites is 1. The first-order valence-corrected chi connectivity index (χ1v) is 9.58. The van der Waals surface area contributed by atoms with E-state index in [4.69, 9.17) is 14.1 Å². The quantitative estimate of drug-likeness (QED) is 0.388. The lowest BCUT2D eigenvalue weighted by Crippen LogP contribution is -1.98. The van der Waals surface area contributed by atoms with Crippen LogP contribution in [0.15, 0.2) is 71.3 Å². The van der Waals surface area contributed by atoms with Crippen molar-refractivity contribution < 1.29 is 9.15 Å². The summed E-state index contributed by atoms with van der Waals surface area (Å²) >= 11 is 0. The van der Waals surface area contributed by atoms with Gasteiger partial charge in [-0.05, 0) is 17.7 Å². The van der Waals surface area contributed by atoms with Gasteiger partial charge in [-0.15, -0.1) is 27.7 Å². The Morgan fingerprint density at radius 1 is 0.968 bits per heavy atom. The van der Waals surface area contributed by atoms with Crippen molar-refractivity contribution in [3.05, 3.63) is 78.3 Å². The first kappa shape index (κ1) is 20.6. The summed E-state index contributed by atoms with van der Waals surface area (Å²) in [5, 5.41) is 13.4. The predicted molar refractivity (Wildman–Crippen MR) is 120 cm³/mol. The zero-order valence-corrected chi connectivity index (χ0v) is 17.8. The summed E-state index contributed by atoms with van der Waals surface area (Å²) in [4.78, 5) is 4.75. The van der Waals surface area contributed by atoms with Crippen molar-refractivity contribution in [3.8, 4) is 28.6 Å². The number of benzene rings is 2. The molecule has 0 saturated heterocycles. The lowest BCUT2D eigenvalue weighted by atomic mass is 10.1. The van der Waals surface area contributed by atoms with Crippen molar-refractivity contribution in [1.82, 2.24) is 25.0 Å². The molecule has 0 fully saturated rings. The van der Waals surface area contributed by atoms with Gasteiger partial charge in [0, 0.05) is 31.1 Å². The number of aromatic nitrogens is 5. The molecule has 0 aliphatic rings. The molecule has 0 bridgehead atoms. The van der Waals surface area contributed by atoms with Crippen LogP contribution < -0.4 is 4.74 Å². The van der Waals surface area contributed by atoms with Crippen LogP contribution in [-0.4, -0.2) is 25.0 Å². The number of hydrogen-bond acceptors (Lipinski definition) is 6. The fourth-order valence-corrected chi connectivity index (χ4v) is 3.28. The highest BCUT2D eigenvalue weighted by Gasteiger charge is 2.17. The number of fused-ring (bicyclic) bond motifs is 1. The Kier molecular flexibility index (Phi) is 5.68. The summed E-state index contributed by atoms with van der Waals surface area (Å²) in [6, 6.07) is 20.4. The number of pyridine rings is 1. The fraction of sp³-hybridized carbons (Fsp3) is 0.130. The molecule has 7 nitrogen and oxygen atoms in total. The van der Waals surface area contributed by atoms with Crippen molar-refractivity contribution in [1.29, 1.82) is 0 Å². The van der Waals surface area contributed by atoms with E-state index in [0.29, 0.717) is 29.8 Å². The summed E-state index contributed by atoms with van der Waals surface area (Å²) in [5.41, 5.74) is 4.69. The van der Waals surface area contributed by atoms with Crippen LogP contribution in [0.5, 0.6) is 5.88 Å². The van der Waals surface area contributed by atoms with Gasteiger partial charge in [0.15, 0.2) is 0 Å². The second-order valence-electron chi connectivity index (χ2n) is 7.02. The van der Waals surface area contributed by atoms with E-state index in [1.54, 1.807) is 17.8 Å². The van der Waals surface area contributed by atoms with Crippen molar-refractivity contribution in [2.45, 2.75) is 13.5 Å².